The standard InChI is InChI=1S/C22H25N5O2S/c1-17-3-2-4-18(11-17)14-24-26-21-12-19(27-6-9-28-10-7-27)13-22(25-21)29-8-5-20-15-23-16-30-20/h2-4,11-13,15-16H,5-10,14H2,1H3. The Hall–Kier alpha value is -2.84. The summed E-state index contributed by atoms with van der Waals surface area (Å²) in [5.74, 6) is 1.12. The highest BCUT2D eigenvalue weighted by molar-refractivity contribution is 7.09. The molecule has 1 aromatic carbocycles. The molecule has 156 valence electrons. The molecule has 1 fully saturated rings. The van der Waals surface area contributed by atoms with Gasteiger partial charge in [-0.15, -0.1) is 16.5 Å². The quantitative estimate of drug-likeness (QED) is 0.496. The first-order chi connectivity index (χ1) is 14.8. The van der Waals surface area contributed by atoms with Crippen LogP contribution in [0, 0.1) is 6.92 Å². The van der Waals surface area contributed by atoms with Crippen molar-refractivity contribution in [3.8, 4) is 5.88 Å². The zero-order chi connectivity index (χ0) is 20.6. The normalized spacial score (nSPS) is 14.4. The van der Waals surface area contributed by atoms with Crippen LogP contribution < -0.4 is 9.64 Å². The minimum Gasteiger partial charge on any atom is -0.477 e. The van der Waals surface area contributed by atoms with E-state index in [9.17, 15) is 0 Å². The highest BCUT2D eigenvalue weighted by Crippen LogP contribution is 2.27. The van der Waals surface area contributed by atoms with E-state index < -0.39 is 0 Å². The fourth-order valence-electron chi connectivity index (χ4n) is 3.23. The number of nitrogens with zero attached hydrogens (tertiary/aromatic N) is 5. The number of azo groups is 1. The molecule has 0 aliphatic carbocycles. The van der Waals surface area contributed by atoms with Gasteiger partial charge in [-0.2, -0.15) is 10.1 Å². The van der Waals surface area contributed by atoms with E-state index in [2.05, 4.69) is 50.2 Å². The molecular formula is C22H25N5O2S. The number of rotatable bonds is 8. The molecule has 0 unspecified atom stereocenters. The van der Waals surface area contributed by atoms with Crippen LogP contribution in [-0.4, -0.2) is 42.9 Å². The number of aromatic nitrogens is 2. The molecule has 30 heavy (non-hydrogen) atoms. The molecule has 2 aromatic heterocycles. The summed E-state index contributed by atoms with van der Waals surface area (Å²) in [5.41, 5.74) is 5.21. The number of aryl methyl sites for hydroxylation is 1. The van der Waals surface area contributed by atoms with Gasteiger partial charge in [-0.25, -0.2) is 0 Å². The van der Waals surface area contributed by atoms with E-state index in [4.69, 9.17) is 9.47 Å². The van der Waals surface area contributed by atoms with E-state index in [0.29, 0.717) is 38.1 Å². The molecule has 0 N–H and O–H groups in total. The summed E-state index contributed by atoms with van der Waals surface area (Å²) in [5, 5.41) is 8.73. The number of morpholine rings is 1. The third-order valence-corrected chi connectivity index (χ3v) is 5.58. The highest BCUT2D eigenvalue weighted by Gasteiger charge is 2.14. The fraction of sp³-hybridized carbons (Fsp3) is 0.364. The molecule has 3 heterocycles. The molecule has 3 aromatic rings. The lowest BCUT2D eigenvalue weighted by atomic mass is 10.1. The van der Waals surface area contributed by atoms with Gasteiger partial charge in [0.2, 0.25) is 5.88 Å². The molecule has 4 rings (SSSR count). The van der Waals surface area contributed by atoms with Crippen LogP contribution in [0.3, 0.4) is 0 Å². The highest BCUT2D eigenvalue weighted by atomic mass is 32.1. The second-order valence-electron chi connectivity index (χ2n) is 7.08. The molecule has 1 saturated heterocycles. The summed E-state index contributed by atoms with van der Waals surface area (Å²) in [6.45, 7) is 6.24. The number of thiazole rings is 1. The molecule has 0 bridgehead atoms. The fourth-order valence-corrected chi connectivity index (χ4v) is 3.81. The monoisotopic (exact) mass is 423 g/mol. The van der Waals surface area contributed by atoms with Gasteiger partial charge >= 0.3 is 0 Å². The minimum atomic E-state index is 0.521. The molecule has 0 atom stereocenters. The van der Waals surface area contributed by atoms with E-state index >= 15 is 0 Å². The molecular weight excluding hydrogens is 398 g/mol. The summed E-state index contributed by atoms with van der Waals surface area (Å²) < 4.78 is 11.4. The molecule has 0 saturated carbocycles. The summed E-state index contributed by atoms with van der Waals surface area (Å²) in [6, 6.07) is 12.2. The Morgan fingerprint density at radius 1 is 1.20 bits per heavy atom. The smallest absolute Gasteiger partial charge is 0.217 e. The third kappa shape index (κ3) is 5.84. The first-order valence-corrected chi connectivity index (χ1v) is 10.9. The van der Waals surface area contributed by atoms with Crippen molar-refractivity contribution < 1.29 is 9.47 Å². The van der Waals surface area contributed by atoms with Gasteiger partial charge in [0, 0.05) is 48.4 Å². The Labute approximate surface area is 180 Å². The molecule has 0 spiro atoms. The van der Waals surface area contributed by atoms with Crippen LogP contribution in [0.5, 0.6) is 5.88 Å². The number of pyridine rings is 1. The number of hydrogen-bond donors (Lipinski definition) is 0. The van der Waals surface area contributed by atoms with Gasteiger partial charge in [0.05, 0.1) is 31.9 Å². The van der Waals surface area contributed by atoms with Gasteiger partial charge < -0.3 is 14.4 Å². The molecule has 7 nitrogen and oxygen atoms in total. The molecule has 1 aliphatic rings. The Balaban J connectivity index is 1.47. The van der Waals surface area contributed by atoms with Crippen molar-refractivity contribution in [3.05, 3.63) is 64.1 Å². The van der Waals surface area contributed by atoms with Crippen LogP contribution in [0.4, 0.5) is 11.5 Å². The second-order valence-corrected chi connectivity index (χ2v) is 8.05. The molecule has 0 amide bonds. The van der Waals surface area contributed by atoms with Crippen molar-refractivity contribution >= 4 is 22.8 Å². The maximum atomic E-state index is 5.94. The lowest BCUT2D eigenvalue weighted by Crippen LogP contribution is -2.36. The van der Waals surface area contributed by atoms with Crippen LogP contribution in [0.15, 0.2) is 58.3 Å². The Morgan fingerprint density at radius 2 is 2.10 bits per heavy atom. The molecule has 0 radical (unpaired) electrons. The summed E-state index contributed by atoms with van der Waals surface area (Å²) in [6.07, 6.45) is 2.68. The van der Waals surface area contributed by atoms with Crippen LogP contribution in [-0.2, 0) is 17.7 Å². The van der Waals surface area contributed by atoms with Crippen LogP contribution >= 0.6 is 11.3 Å². The average molecular weight is 424 g/mol. The van der Waals surface area contributed by atoms with E-state index in [1.54, 1.807) is 11.3 Å². The van der Waals surface area contributed by atoms with Crippen molar-refractivity contribution in [2.45, 2.75) is 19.9 Å². The topological polar surface area (TPSA) is 72.2 Å². The number of benzene rings is 1. The SMILES string of the molecule is Cc1cccc(CN=Nc2cc(N3CCOCC3)cc(OCCc3cncs3)n2)c1. The van der Waals surface area contributed by atoms with Gasteiger partial charge in [0.25, 0.3) is 0 Å². The predicted molar refractivity (Wildman–Crippen MR) is 118 cm³/mol. The van der Waals surface area contributed by atoms with Crippen LogP contribution in [0.1, 0.15) is 16.0 Å². The van der Waals surface area contributed by atoms with Gasteiger partial charge in [-0.1, -0.05) is 29.8 Å². The molecule has 1 aliphatic heterocycles. The Kier molecular flexibility index (Phi) is 6.99. The van der Waals surface area contributed by atoms with E-state index in [-0.39, 0.29) is 0 Å². The zero-order valence-corrected chi connectivity index (χ0v) is 17.8. The molecule has 8 heteroatoms. The summed E-state index contributed by atoms with van der Waals surface area (Å²) in [7, 11) is 0. The van der Waals surface area contributed by atoms with E-state index in [1.807, 2.05) is 29.9 Å². The van der Waals surface area contributed by atoms with Crippen molar-refractivity contribution in [2.75, 3.05) is 37.8 Å². The zero-order valence-electron chi connectivity index (χ0n) is 17.0. The first kappa shape index (κ1) is 20.4. The third-order valence-electron chi connectivity index (χ3n) is 4.74. The lowest BCUT2D eigenvalue weighted by molar-refractivity contribution is 0.122. The average Bonchev–Trinajstić information content (AvgIpc) is 3.28. The van der Waals surface area contributed by atoms with Crippen molar-refractivity contribution in [2.24, 2.45) is 10.2 Å². The van der Waals surface area contributed by atoms with E-state index in [1.165, 1.54) is 10.4 Å². The Bertz CT molecular complexity index is 971. The largest absolute Gasteiger partial charge is 0.477 e. The lowest BCUT2D eigenvalue weighted by Gasteiger charge is -2.29. The van der Waals surface area contributed by atoms with Gasteiger partial charge in [0.1, 0.15) is 0 Å². The van der Waals surface area contributed by atoms with Gasteiger partial charge in [-0.05, 0) is 12.5 Å². The minimum absolute atomic E-state index is 0.521. The second kappa shape index (κ2) is 10.3. The Morgan fingerprint density at radius 3 is 2.90 bits per heavy atom. The maximum Gasteiger partial charge on any atom is 0.217 e. The first-order valence-electron chi connectivity index (χ1n) is 10.0. The predicted octanol–water partition coefficient (Wildman–Crippen LogP) is 4.59. The van der Waals surface area contributed by atoms with Crippen LogP contribution in [0.2, 0.25) is 0 Å². The maximum absolute atomic E-state index is 5.94. The van der Waals surface area contributed by atoms with Gasteiger partial charge in [-0.3, -0.25) is 4.98 Å². The number of ether oxygens (including phenoxy) is 2. The summed E-state index contributed by atoms with van der Waals surface area (Å²) >= 11 is 1.63. The van der Waals surface area contributed by atoms with Crippen molar-refractivity contribution in [3.63, 3.8) is 0 Å². The van der Waals surface area contributed by atoms with E-state index in [0.717, 1.165) is 30.8 Å². The summed E-state index contributed by atoms with van der Waals surface area (Å²) in [4.78, 5) is 12.1. The number of anilines is 1. The van der Waals surface area contributed by atoms with Crippen molar-refractivity contribution in [1.29, 1.82) is 0 Å². The van der Waals surface area contributed by atoms with Crippen molar-refractivity contribution in [1.82, 2.24) is 9.97 Å². The van der Waals surface area contributed by atoms with Crippen LogP contribution in [0.25, 0.3) is 0 Å². The number of hydrogen-bond acceptors (Lipinski definition) is 8. The van der Waals surface area contributed by atoms with Gasteiger partial charge in [0.15, 0.2) is 5.82 Å².